The summed E-state index contributed by atoms with van der Waals surface area (Å²) in [7, 11) is 1.96. The third-order valence-electron chi connectivity index (χ3n) is 3.86. The number of guanidine groups is 1. The number of benzene rings is 1. The van der Waals surface area contributed by atoms with Crippen molar-refractivity contribution >= 4 is 5.96 Å². The van der Waals surface area contributed by atoms with E-state index in [4.69, 9.17) is 5.73 Å². The van der Waals surface area contributed by atoms with E-state index in [1.807, 2.05) is 18.0 Å². The summed E-state index contributed by atoms with van der Waals surface area (Å²) in [5.41, 5.74) is 7.98. The van der Waals surface area contributed by atoms with Gasteiger partial charge in [-0.15, -0.1) is 0 Å². The molecule has 3 rings (SSSR count). The molecule has 0 amide bonds. The highest BCUT2D eigenvalue weighted by molar-refractivity contribution is 5.81. The summed E-state index contributed by atoms with van der Waals surface area (Å²) in [5, 5.41) is 0. The predicted molar refractivity (Wildman–Crippen MR) is 60.7 cm³/mol. The van der Waals surface area contributed by atoms with Crippen molar-refractivity contribution < 1.29 is 4.39 Å². The maximum Gasteiger partial charge on any atom is 0.191 e. The Morgan fingerprint density at radius 3 is 3.00 bits per heavy atom. The molecule has 1 aromatic carbocycles. The van der Waals surface area contributed by atoms with Gasteiger partial charge in [0, 0.05) is 7.05 Å². The van der Waals surface area contributed by atoms with E-state index in [-0.39, 0.29) is 11.4 Å². The molecule has 0 aromatic heterocycles. The molecule has 2 N–H and O–H groups in total. The van der Waals surface area contributed by atoms with Crippen molar-refractivity contribution in [3.05, 3.63) is 35.1 Å². The zero-order valence-corrected chi connectivity index (χ0v) is 9.20. The van der Waals surface area contributed by atoms with Gasteiger partial charge in [-0.2, -0.15) is 0 Å². The number of likely N-dealkylation sites (N-methyl/N-ethyl adjacent to an activating group) is 1. The van der Waals surface area contributed by atoms with Crippen molar-refractivity contribution in [3.63, 3.8) is 0 Å². The lowest BCUT2D eigenvalue weighted by Gasteiger charge is -2.33. The molecule has 2 aliphatic rings. The van der Waals surface area contributed by atoms with Gasteiger partial charge < -0.3 is 10.6 Å². The summed E-state index contributed by atoms with van der Waals surface area (Å²) >= 11 is 0. The Labute approximate surface area is 93.8 Å². The molecular formula is C12H14FN3. The molecule has 84 valence electrons. The maximum absolute atomic E-state index is 13.1. The number of nitrogens with two attached hydrogens (primary N) is 1. The second kappa shape index (κ2) is 2.97. The van der Waals surface area contributed by atoms with Gasteiger partial charge in [0.1, 0.15) is 5.82 Å². The molecule has 1 aliphatic heterocycles. The molecule has 0 saturated carbocycles. The number of fused-ring (bicyclic) bond motifs is 2. The molecule has 1 heterocycles. The number of halogens is 1. The third kappa shape index (κ3) is 1.04. The third-order valence-corrected chi connectivity index (χ3v) is 3.86. The molecular weight excluding hydrogens is 205 g/mol. The number of rotatable bonds is 0. The first kappa shape index (κ1) is 9.63. The SMILES string of the molecule is CN1C(N)=NCC12CCc1cc(F)ccc12. The highest BCUT2D eigenvalue weighted by Crippen LogP contribution is 2.43. The van der Waals surface area contributed by atoms with Crippen LogP contribution in [-0.4, -0.2) is 24.5 Å². The average molecular weight is 219 g/mol. The van der Waals surface area contributed by atoms with Crippen LogP contribution < -0.4 is 5.73 Å². The second-order valence-electron chi connectivity index (χ2n) is 4.57. The normalized spacial score (nSPS) is 27.4. The van der Waals surface area contributed by atoms with Crippen LogP contribution in [0.5, 0.6) is 0 Å². The van der Waals surface area contributed by atoms with Gasteiger partial charge in [0.2, 0.25) is 0 Å². The van der Waals surface area contributed by atoms with Gasteiger partial charge in [-0.05, 0) is 36.1 Å². The molecule has 0 bridgehead atoms. The first-order chi connectivity index (χ1) is 7.63. The molecule has 0 fully saturated rings. The van der Waals surface area contributed by atoms with Crippen molar-refractivity contribution in [2.24, 2.45) is 10.7 Å². The standard InChI is InChI=1S/C12H14FN3/c1-16-11(14)15-7-12(16)5-4-8-6-9(13)2-3-10(8)12/h2-3,6H,4-5,7H2,1H3,(H2,14,15). The number of aryl methyl sites for hydroxylation is 1. The van der Waals surface area contributed by atoms with E-state index in [1.54, 1.807) is 6.07 Å². The minimum atomic E-state index is -0.162. The molecule has 1 aromatic rings. The van der Waals surface area contributed by atoms with Crippen LogP contribution in [0.2, 0.25) is 0 Å². The topological polar surface area (TPSA) is 41.6 Å². The Kier molecular flexibility index (Phi) is 1.79. The van der Waals surface area contributed by atoms with Crippen LogP contribution >= 0.6 is 0 Å². The maximum atomic E-state index is 13.1. The molecule has 4 heteroatoms. The lowest BCUT2D eigenvalue weighted by atomic mass is 9.91. The van der Waals surface area contributed by atoms with Crippen LogP contribution in [0.25, 0.3) is 0 Å². The molecule has 1 aliphatic carbocycles. The second-order valence-corrected chi connectivity index (χ2v) is 4.57. The van der Waals surface area contributed by atoms with E-state index in [2.05, 4.69) is 4.99 Å². The van der Waals surface area contributed by atoms with Crippen molar-refractivity contribution in [2.75, 3.05) is 13.6 Å². The van der Waals surface area contributed by atoms with E-state index >= 15 is 0 Å². The van der Waals surface area contributed by atoms with Gasteiger partial charge >= 0.3 is 0 Å². The highest BCUT2D eigenvalue weighted by Gasteiger charge is 2.46. The van der Waals surface area contributed by atoms with E-state index in [0.29, 0.717) is 12.5 Å². The Morgan fingerprint density at radius 2 is 2.31 bits per heavy atom. The molecule has 3 nitrogen and oxygen atoms in total. The Bertz CT molecular complexity index is 483. The number of hydrogen-bond acceptors (Lipinski definition) is 3. The predicted octanol–water partition coefficient (Wildman–Crippen LogP) is 1.23. The van der Waals surface area contributed by atoms with Crippen molar-refractivity contribution in [1.29, 1.82) is 0 Å². The first-order valence-electron chi connectivity index (χ1n) is 5.46. The summed E-state index contributed by atoms with van der Waals surface area (Å²) in [5.74, 6) is 0.419. The highest BCUT2D eigenvalue weighted by atomic mass is 19.1. The summed E-state index contributed by atoms with van der Waals surface area (Å²) in [6, 6.07) is 5.03. The molecule has 0 saturated heterocycles. The van der Waals surface area contributed by atoms with Crippen LogP contribution in [0.3, 0.4) is 0 Å². The van der Waals surface area contributed by atoms with Crippen LogP contribution in [0, 0.1) is 5.82 Å². The molecule has 16 heavy (non-hydrogen) atoms. The smallest absolute Gasteiger partial charge is 0.191 e. The zero-order valence-electron chi connectivity index (χ0n) is 9.20. The van der Waals surface area contributed by atoms with Crippen LogP contribution in [0.1, 0.15) is 17.5 Å². The Hall–Kier alpha value is -1.58. The fourth-order valence-corrected chi connectivity index (χ4v) is 2.86. The largest absolute Gasteiger partial charge is 0.370 e. The summed E-state index contributed by atoms with van der Waals surface area (Å²) in [6.45, 7) is 0.688. The zero-order chi connectivity index (χ0) is 11.3. The monoisotopic (exact) mass is 219 g/mol. The fraction of sp³-hybridized carbons (Fsp3) is 0.417. The molecule has 1 unspecified atom stereocenters. The molecule has 0 radical (unpaired) electrons. The lowest BCUT2D eigenvalue weighted by Crippen LogP contribution is -2.45. The lowest BCUT2D eigenvalue weighted by molar-refractivity contribution is 0.239. The first-order valence-corrected chi connectivity index (χ1v) is 5.46. The van der Waals surface area contributed by atoms with Gasteiger partial charge in [-0.25, -0.2) is 4.39 Å². The quantitative estimate of drug-likeness (QED) is 0.713. The van der Waals surface area contributed by atoms with Gasteiger partial charge in [0.25, 0.3) is 0 Å². The summed E-state index contributed by atoms with van der Waals surface area (Å²) in [6.07, 6.45) is 1.87. The van der Waals surface area contributed by atoms with E-state index < -0.39 is 0 Å². The minimum Gasteiger partial charge on any atom is -0.370 e. The van der Waals surface area contributed by atoms with Crippen LogP contribution in [-0.2, 0) is 12.0 Å². The van der Waals surface area contributed by atoms with Gasteiger partial charge in [-0.1, -0.05) is 6.07 Å². The van der Waals surface area contributed by atoms with Crippen LogP contribution in [0.15, 0.2) is 23.2 Å². The van der Waals surface area contributed by atoms with E-state index in [0.717, 1.165) is 18.4 Å². The molecule has 1 atom stereocenters. The Balaban J connectivity index is 2.10. The number of hydrogen-bond donors (Lipinski definition) is 1. The van der Waals surface area contributed by atoms with Crippen molar-refractivity contribution in [3.8, 4) is 0 Å². The van der Waals surface area contributed by atoms with Gasteiger partial charge in [0.05, 0.1) is 12.1 Å². The van der Waals surface area contributed by atoms with Gasteiger partial charge in [-0.3, -0.25) is 4.99 Å². The van der Waals surface area contributed by atoms with Crippen molar-refractivity contribution in [1.82, 2.24) is 4.90 Å². The number of nitrogens with zero attached hydrogens (tertiary/aromatic N) is 2. The Morgan fingerprint density at radius 1 is 1.50 bits per heavy atom. The van der Waals surface area contributed by atoms with Crippen molar-refractivity contribution in [2.45, 2.75) is 18.4 Å². The van der Waals surface area contributed by atoms with Gasteiger partial charge in [0.15, 0.2) is 5.96 Å². The fourth-order valence-electron chi connectivity index (χ4n) is 2.86. The number of aliphatic imine (C=N–C) groups is 1. The van der Waals surface area contributed by atoms with E-state index in [1.165, 1.54) is 11.6 Å². The minimum absolute atomic E-state index is 0.118. The van der Waals surface area contributed by atoms with E-state index in [9.17, 15) is 4.39 Å². The summed E-state index contributed by atoms with van der Waals surface area (Å²) < 4.78 is 13.1. The van der Waals surface area contributed by atoms with Crippen LogP contribution in [0.4, 0.5) is 4.39 Å². The average Bonchev–Trinajstić information content (AvgIpc) is 2.76. The summed E-state index contributed by atoms with van der Waals surface area (Å²) in [4.78, 5) is 6.32. The molecule has 1 spiro atoms.